The topological polar surface area (TPSA) is 81.9 Å². The Hall–Kier alpha value is -2.35. The highest BCUT2D eigenvalue weighted by Gasteiger charge is 2.12. The van der Waals surface area contributed by atoms with Crippen LogP contribution in [-0.2, 0) is 4.79 Å². The van der Waals surface area contributed by atoms with E-state index >= 15 is 0 Å². The third kappa shape index (κ3) is 4.39. The standard InChI is InChI=1S/C15H10Cl3N5O2/c16-9-5-12(17)15(13(18)6-9)20-14(24)7-25-11-3-1-10(2-4-11)23-8-19-21-22-23/h1-6,8H,7H2,(H,20,24). The Morgan fingerprint density at radius 3 is 2.40 bits per heavy atom. The maximum absolute atomic E-state index is 12.0. The summed E-state index contributed by atoms with van der Waals surface area (Å²) >= 11 is 17.9. The van der Waals surface area contributed by atoms with Gasteiger partial charge in [0.15, 0.2) is 6.61 Å². The van der Waals surface area contributed by atoms with Crippen LogP contribution < -0.4 is 10.1 Å². The van der Waals surface area contributed by atoms with Crippen LogP contribution in [0.25, 0.3) is 5.69 Å². The number of aromatic nitrogens is 4. The second-order valence-electron chi connectivity index (χ2n) is 4.83. The van der Waals surface area contributed by atoms with Crippen LogP contribution in [0.2, 0.25) is 15.1 Å². The zero-order valence-electron chi connectivity index (χ0n) is 12.5. The van der Waals surface area contributed by atoms with Gasteiger partial charge in [-0.1, -0.05) is 34.8 Å². The summed E-state index contributed by atoms with van der Waals surface area (Å²) in [6.07, 6.45) is 1.48. The first-order valence-corrected chi connectivity index (χ1v) is 8.07. The fourth-order valence-electron chi connectivity index (χ4n) is 1.96. The molecule has 0 aliphatic heterocycles. The summed E-state index contributed by atoms with van der Waals surface area (Å²) in [5.74, 6) is 0.107. The number of rotatable bonds is 5. The van der Waals surface area contributed by atoms with Crippen molar-refractivity contribution >= 4 is 46.4 Å². The van der Waals surface area contributed by atoms with E-state index in [2.05, 4.69) is 20.8 Å². The largest absolute Gasteiger partial charge is 0.484 e. The Balaban J connectivity index is 1.59. The third-order valence-corrected chi connectivity index (χ3v) is 3.91. The van der Waals surface area contributed by atoms with E-state index in [1.807, 2.05) is 0 Å². The molecule has 3 rings (SSSR count). The van der Waals surface area contributed by atoms with Gasteiger partial charge in [-0.3, -0.25) is 4.79 Å². The van der Waals surface area contributed by atoms with Crippen molar-refractivity contribution in [3.63, 3.8) is 0 Å². The number of benzene rings is 2. The molecule has 0 spiro atoms. The van der Waals surface area contributed by atoms with Crippen LogP contribution in [0.1, 0.15) is 0 Å². The van der Waals surface area contributed by atoms with Gasteiger partial charge in [0.2, 0.25) is 0 Å². The molecule has 0 bridgehead atoms. The number of nitrogens with one attached hydrogen (secondary N) is 1. The molecule has 0 aliphatic carbocycles. The molecule has 0 fully saturated rings. The molecule has 25 heavy (non-hydrogen) atoms. The number of hydrogen-bond donors (Lipinski definition) is 1. The Bertz CT molecular complexity index is 862. The maximum atomic E-state index is 12.0. The third-order valence-electron chi connectivity index (χ3n) is 3.09. The van der Waals surface area contributed by atoms with Crippen molar-refractivity contribution < 1.29 is 9.53 Å². The van der Waals surface area contributed by atoms with Gasteiger partial charge in [0.05, 0.1) is 21.4 Å². The van der Waals surface area contributed by atoms with Gasteiger partial charge in [0.25, 0.3) is 5.91 Å². The number of halogens is 3. The Labute approximate surface area is 157 Å². The predicted octanol–water partition coefficient (Wildman–Crippen LogP) is 3.64. The number of ether oxygens (including phenoxy) is 1. The van der Waals surface area contributed by atoms with Gasteiger partial charge in [-0.05, 0) is 46.8 Å². The summed E-state index contributed by atoms with van der Waals surface area (Å²) in [5, 5.41) is 14.4. The number of amides is 1. The Morgan fingerprint density at radius 1 is 1.12 bits per heavy atom. The van der Waals surface area contributed by atoms with Gasteiger partial charge in [0.1, 0.15) is 12.1 Å². The minimum absolute atomic E-state index is 0.209. The van der Waals surface area contributed by atoms with Crippen LogP contribution >= 0.6 is 34.8 Å². The number of hydrogen-bond acceptors (Lipinski definition) is 5. The lowest BCUT2D eigenvalue weighted by Gasteiger charge is -2.11. The SMILES string of the molecule is O=C(COc1ccc(-n2cnnn2)cc1)Nc1c(Cl)cc(Cl)cc1Cl. The summed E-state index contributed by atoms with van der Waals surface area (Å²) in [6.45, 7) is -0.209. The quantitative estimate of drug-likeness (QED) is 0.709. The van der Waals surface area contributed by atoms with Gasteiger partial charge in [0, 0.05) is 5.02 Å². The van der Waals surface area contributed by atoms with E-state index in [9.17, 15) is 4.79 Å². The molecule has 1 heterocycles. The zero-order valence-corrected chi connectivity index (χ0v) is 14.8. The fourth-order valence-corrected chi connectivity index (χ4v) is 2.87. The van der Waals surface area contributed by atoms with Crippen molar-refractivity contribution in [2.75, 3.05) is 11.9 Å². The second kappa shape index (κ2) is 7.69. The fraction of sp³-hybridized carbons (Fsp3) is 0.0667. The van der Waals surface area contributed by atoms with Gasteiger partial charge >= 0.3 is 0 Å². The van der Waals surface area contributed by atoms with Gasteiger partial charge in [-0.2, -0.15) is 0 Å². The molecule has 0 saturated heterocycles. The van der Waals surface area contributed by atoms with Crippen LogP contribution in [0.3, 0.4) is 0 Å². The van der Waals surface area contributed by atoms with Crippen molar-refractivity contribution in [3.8, 4) is 11.4 Å². The minimum Gasteiger partial charge on any atom is -0.484 e. The number of tetrazole rings is 1. The summed E-state index contributed by atoms with van der Waals surface area (Å²) in [5.41, 5.74) is 1.05. The lowest BCUT2D eigenvalue weighted by atomic mass is 10.3. The van der Waals surface area contributed by atoms with Crippen LogP contribution in [0.4, 0.5) is 5.69 Å². The van der Waals surface area contributed by atoms with E-state index in [0.29, 0.717) is 10.8 Å². The Kier molecular flexibility index (Phi) is 5.37. The number of nitrogens with zero attached hydrogens (tertiary/aromatic N) is 4. The molecule has 2 aromatic carbocycles. The highest BCUT2D eigenvalue weighted by Crippen LogP contribution is 2.33. The molecule has 7 nitrogen and oxygen atoms in total. The van der Waals surface area contributed by atoms with E-state index in [-0.39, 0.29) is 22.3 Å². The number of anilines is 1. The summed E-state index contributed by atoms with van der Waals surface area (Å²) in [7, 11) is 0. The maximum Gasteiger partial charge on any atom is 0.262 e. The average Bonchev–Trinajstić information content (AvgIpc) is 3.11. The van der Waals surface area contributed by atoms with Crippen LogP contribution in [0.15, 0.2) is 42.7 Å². The molecule has 0 saturated carbocycles. The lowest BCUT2D eigenvalue weighted by Crippen LogP contribution is -2.20. The first kappa shape index (κ1) is 17.5. The first-order chi connectivity index (χ1) is 12.0. The highest BCUT2D eigenvalue weighted by molar-refractivity contribution is 6.42. The minimum atomic E-state index is -0.407. The van der Waals surface area contributed by atoms with Crippen molar-refractivity contribution in [1.29, 1.82) is 0 Å². The van der Waals surface area contributed by atoms with Crippen molar-refractivity contribution in [1.82, 2.24) is 20.2 Å². The van der Waals surface area contributed by atoms with Gasteiger partial charge in [-0.25, -0.2) is 4.68 Å². The lowest BCUT2D eigenvalue weighted by molar-refractivity contribution is -0.118. The number of carbonyl (C=O) groups excluding carboxylic acids is 1. The molecule has 0 unspecified atom stereocenters. The molecule has 10 heteroatoms. The predicted molar refractivity (Wildman–Crippen MR) is 94.8 cm³/mol. The smallest absolute Gasteiger partial charge is 0.262 e. The van der Waals surface area contributed by atoms with Crippen molar-refractivity contribution in [2.24, 2.45) is 0 Å². The first-order valence-electron chi connectivity index (χ1n) is 6.93. The van der Waals surface area contributed by atoms with E-state index in [1.165, 1.54) is 23.1 Å². The molecule has 1 aromatic heterocycles. The molecular weight excluding hydrogens is 389 g/mol. The van der Waals surface area contributed by atoms with Crippen LogP contribution in [0, 0.1) is 0 Å². The number of carbonyl (C=O) groups is 1. The molecule has 0 atom stereocenters. The zero-order chi connectivity index (χ0) is 17.8. The van der Waals surface area contributed by atoms with Gasteiger partial charge < -0.3 is 10.1 Å². The molecule has 128 valence electrons. The normalized spacial score (nSPS) is 10.5. The van der Waals surface area contributed by atoms with Gasteiger partial charge in [-0.15, -0.1) is 5.10 Å². The summed E-state index contributed by atoms with van der Waals surface area (Å²) in [4.78, 5) is 12.0. The monoisotopic (exact) mass is 397 g/mol. The summed E-state index contributed by atoms with van der Waals surface area (Å²) < 4.78 is 6.93. The highest BCUT2D eigenvalue weighted by atomic mass is 35.5. The molecular formula is C15H10Cl3N5O2. The van der Waals surface area contributed by atoms with E-state index in [0.717, 1.165) is 5.69 Å². The summed E-state index contributed by atoms with van der Waals surface area (Å²) in [6, 6.07) is 9.90. The van der Waals surface area contributed by atoms with Crippen molar-refractivity contribution in [3.05, 3.63) is 57.8 Å². The van der Waals surface area contributed by atoms with Crippen LogP contribution in [-0.4, -0.2) is 32.7 Å². The van der Waals surface area contributed by atoms with E-state index in [1.54, 1.807) is 24.3 Å². The average molecular weight is 399 g/mol. The molecule has 1 N–H and O–H groups in total. The van der Waals surface area contributed by atoms with Crippen molar-refractivity contribution in [2.45, 2.75) is 0 Å². The van der Waals surface area contributed by atoms with E-state index in [4.69, 9.17) is 39.5 Å². The van der Waals surface area contributed by atoms with Crippen LogP contribution in [0.5, 0.6) is 5.75 Å². The Morgan fingerprint density at radius 2 is 1.80 bits per heavy atom. The molecule has 0 aliphatic rings. The molecule has 0 radical (unpaired) electrons. The molecule has 3 aromatic rings. The second-order valence-corrected chi connectivity index (χ2v) is 6.08. The molecule has 1 amide bonds. The van der Waals surface area contributed by atoms with E-state index < -0.39 is 5.91 Å².